The molecule has 1 aromatic heterocycles. The van der Waals surface area contributed by atoms with Crippen molar-refractivity contribution in [2.24, 2.45) is 0 Å². The number of nitrogens with zero attached hydrogens (tertiary/aromatic N) is 2. The van der Waals surface area contributed by atoms with Crippen molar-refractivity contribution in [2.45, 2.75) is 49.1 Å². The van der Waals surface area contributed by atoms with Crippen LogP contribution < -0.4 is 14.4 Å². The summed E-state index contributed by atoms with van der Waals surface area (Å²) in [6.45, 7) is 2.61. The molecule has 0 unspecified atom stereocenters. The predicted octanol–water partition coefficient (Wildman–Crippen LogP) is 4.06. The number of aliphatic hydroxyl groups excluding tert-OH is 1. The summed E-state index contributed by atoms with van der Waals surface area (Å²) in [5.41, 5.74) is -0.978. The highest BCUT2D eigenvalue weighted by atomic mass is 32.2. The van der Waals surface area contributed by atoms with Gasteiger partial charge in [-0.2, -0.15) is 21.6 Å². The van der Waals surface area contributed by atoms with Crippen LogP contribution in [0.25, 0.3) is 11.1 Å². The average Bonchev–Trinajstić information content (AvgIpc) is 3.54. The lowest BCUT2D eigenvalue weighted by atomic mass is 10.0. The molecule has 2 N–H and O–H groups in total. The zero-order valence-corrected chi connectivity index (χ0v) is 21.7. The Morgan fingerprint density at radius 3 is 2.54 bits per heavy atom. The predicted molar refractivity (Wildman–Crippen MR) is 137 cm³/mol. The zero-order chi connectivity index (χ0) is 28.0. The van der Waals surface area contributed by atoms with Gasteiger partial charge in [-0.05, 0) is 54.8 Å². The van der Waals surface area contributed by atoms with Gasteiger partial charge in [-0.15, -0.1) is 0 Å². The SMILES string of the molecule is Cc1ccc(-c2cccc(C(F)(F)F)c2)c(OC2(C(=O)NS(=O)(=O)c3cccc(N4CC[C@@H](O)C4)n3)CC2)c1. The second-order valence-corrected chi connectivity index (χ2v) is 11.5. The van der Waals surface area contributed by atoms with Gasteiger partial charge in [0.25, 0.3) is 15.9 Å². The van der Waals surface area contributed by atoms with E-state index in [1.165, 1.54) is 24.3 Å². The molecule has 0 bridgehead atoms. The van der Waals surface area contributed by atoms with Crippen molar-refractivity contribution >= 4 is 21.7 Å². The summed E-state index contributed by atoms with van der Waals surface area (Å²) in [4.78, 5) is 19.1. The molecule has 8 nitrogen and oxygen atoms in total. The van der Waals surface area contributed by atoms with Crippen molar-refractivity contribution in [2.75, 3.05) is 18.0 Å². The Bertz CT molecular complexity index is 1520. The summed E-state index contributed by atoms with van der Waals surface area (Å²) < 4.78 is 74.1. The number of nitrogens with one attached hydrogen (secondary N) is 1. The lowest BCUT2D eigenvalue weighted by Crippen LogP contribution is -2.43. The van der Waals surface area contributed by atoms with Gasteiger partial charge in [0.1, 0.15) is 11.6 Å². The minimum atomic E-state index is -4.53. The molecule has 12 heteroatoms. The van der Waals surface area contributed by atoms with Gasteiger partial charge in [0.05, 0.1) is 11.7 Å². The van der Waals surface area contributed by atoms with Crippen LogP contribution in [0.3, 0.4) is 0 Å². The topological polar surface area (TPSA) is 109 Å². The van der Waals surface area contributed by atoms with E-state index in [1.54, 1.807) is 36.1 Å². The molecule has 206 valence electrons. The van der Waals surface area contributed by atoms with E-state index in [1.807, 2.05) is 0 Å². The Hall–Kier alpha value is -3.64. The Kier molecular flexibility index (Phi) is 6.79. The highest BCUT2D eigenvalue weighted by molar-refractivity contribution is 7.90. The maximum atomic E-state index is 13.3. The first-order chi connectivity index (χ1) is 18.4. The molecule has 39 heavy (non-hydrogen) atoms. The highest BCUT2D eigenvalue weighted by Gasteiger charge is 2.54. The quantitative estimate of drug-likeness (QED) is 0.448. The third kappa shape index (κ3) is 5.71. The number of aromatic nitrogens is 1. The van der Waals surface area contributed by atoms with Crippen molar-refractivity contribution in [1.82, 2.24) is 9.71 Å². The number of rotatable bonds is 7. The summed E-state index contributed by atoms with van der Waals surface area (Å²) in [6, 6.07) is 14.1. The summed E-state index contributed by atoms with van der Waals surface area (Å²) in [5.74, 6) is -0.348. The maximum Gasteiger partial charge on any atom is 0.416 e. The molecule has 3 aromatic rings. The van der Waals surface area contributed by atoms with Crippen LogP contribution in [0.15, 0.2) is 65.7 Å². The van der Waals surface area contributed by atoms with E-state index in [-0.39, 0.29) is 29.2 Å². The van der Waals surface area contributed by atoms with Gasteiger partial charge in [0, 0.05) is 31.5 Å². The lowest BCUT2D eigenvalue weighted by molar-refractivity contribution is -0.137. The zero-order valence-electron chi connectivity index (χ0n) is 20.9. The number of hydrogen-bond donors (Lipinski definition) is 2. The van der Waals surface area contributed by atoms with Crippen molar-refractivity contribution in [3.05, 3.63) is 71.8 Å². The molecule has 2 aliphatic rings. The number of benzene rings is 2. The number of pyridine rings is 1. The number of aliphatic hydroxyl groups is 1. The van der Waals surface area contributed by atoms with Gasteiger partial charge in [0.15, 0.2) is 10.6 Å². The van der Waals surface area contributed by atoms with Crippen molar-refractivity contribution < 1.29 is 36.2 Å². The van der Waals surface area contributed by atoms with Crippen LogP contribution in [0.5, 0.6) is 5.75 Å². The van der Waals surface area contributed by atoms with Crippen LogP contribution in [0, 0.1) is 6.92 Å². The fraction of sp³-hybridized carbons (Fsp3) is 0.333. The Morgan fingerprint density at radius 2 is 1.87 bits per heavy atom. The molecule has 1 saturated carbocycles. The monoisotopic (exact) mass is 561 g/mol. The molecule has 1 aliphatic heterocycles. The van der Waals surface area contributed by atoms with Crippen LogP contribution in [-0.4, -0.2) is 49.2 Å². The van der Waals surface area contributed by atoms with Crippen LogP contribution >= 0.6 is 0 Å². The average molecular weight is 562 g/mol. The molecule has 1 amide bonds. The largest absolute Gasteiger partial charge is 0.477 e. The molecule has 1 saturated heterocycles. The van der Waals surface area contributed by atoms with Crippen molar-refractivity contribution in [1.29, 1.82) is 0 Å². The third-order valence-corrected chi connectivity index (χ3v) is 7.99. The molecular formula is C27H26F3N3O5S. The normalized spacial score (nSPS) is 18.6. The van der Waals surface area contributed by atoms with Crippen molar-refractivity contribution in [3.8, 4) is 16.9 Å². The number of anilines is 1. The van der Waals surface area contributed by atoms with E-state index >= 15 is 0 Å². The number of hydrogen-bond acceptors (Lipinski definition) is 7. The van der Waals surface area contributed by atoms with E-state index in [0.29, 0.717) is 30.9 Å². The standard InChI is InChI=1S/C27H26F3N3O5S/c1-17-8-9-21(18-4-2-5-19(15-18)27(28,29)30)22(14-17)38-26(11-12-26)25(35)32-39(36,37)24-7-3-6-23(31-24)33-13-10-20(34)16-33/h2-9,14-15,20,34H,10-13,16H2,1H3,(H,32,35)/t20-/m1/s1. The van der Waals surface area contributed by atoms with E-state index in [0.717, 1.165) is 17.7 Å². The molecule has 2 aromatic carbocycles. The molecule has 0 radical (unpaired) electrons. The minimum Gasteiger partial charge on any atom is -0.477 e. The Morgan fingerprint density at radius 1 is 1.13 bits per heavy atom. The molecule has 1 atom stereocenters. The molecule has 1 aliphatic carbocycles. The molecule has 5 rings (SSSR count). The number of sulfonamides is 1. The van der Waals surface area contributed by atoms with Gasteiger partial charge in [0.2, 0.25) is 0 Å². The van der Waals surface area contributed by atoms with Gasteiger partial charge in [-0.25, -0.2) is 9.71 Å². The van der Waals surface area contributed by atoms with Gasteiger partial charge in [-0.1, -0.05) is 30.3 Å². The van der Waals surface area contributed by atoms with Crippen LogP contribution in [-0.2, 0) is 21.0 Å². The summed E-state index contributed by atoms with van der Waals surface area (Å²) in [7, 11) is -4.36. The second kappa shape index (κ2) is 9.83. The number of carbonyl (C=O) groups is 1. The van der Waals surface area contributed by atoms with E-state index in [2.05, 4.69) is 9.71 Å². The van der Waals surface area contributed by atoms with E-state index in [4.69, 9.17) is 4.74 Å². The fourth-order valence-electron chi connectivity index (χ4n) is 4.46. The molecule has 0 spiro atoms. The number of aryl methyl sites for hydroxylation is 1. The number of β-amino-alcohol motifs (C(OH)–C–C–N with tert-alkyl or cyclic N) is 1. The highest BCUT2D eigenvalue weighted by Crippen LogP contribution is 2.44. The number of ether oxygens (including phenoxy) is 1. The van der Waals surface area contributed by atoms with Crippen LogP contribution in [0.4, 0.5) is 19.0 Å². The first-order valence-electron chi connectivity index (χ1n) is 12.3. The van der Waals surface area contributed by atoms with E-state index in [9.17, 15) is 31.5 Å². The number of halogens is 3. The molecule has 2 fully saturated rings. The smallest absolute Gasteiger partial charge is 0.416 e. The van der Waals surface area contributed by atoms with Gasteiger partial charge in [-0.3, -0.25) is 4.79 Å². The summed E-state index contributed by atoms with van der Waals surface area (Å²) >= 11 is 0. The summed E-state index contributed by atoms with van der Waals surface area (Å²) in [5, 5.41) is 9.42. The maximum absolute atomic E-state index is 13.3. The molecule has 2 heterocycles. The molecular weight excluding hydrogens is 535 g/mol. The second-order valence-electron chi connectivity index (χ2n) is 9.83. The first kappa shape index (κ1) is 26.9. The lowest BCUT2D eigenvalue weighted by Gasteiger charge is -2.21. The Balaban J connectivity index is 1.38. The summed E-state index contributed by atoms with van der Waals surface area (Å²) in [6.07, 6.45) is -4.07. The van der Waals surface area contributed by atoms with Crippen LogP contribution in [0.1, 0.15) is 30.4 Å². The number of amides is 1. The Labute approximate surface area is 223 Å². The number of carbonyl (C=O) groups excluding carboxylic acids is 1. The van der Waals surface area contributed by atoms with Crippen LogP contribution in [0.2, 0.25) is 0 Å². The third-order valence-electron chi connectivity index (χ3n) is 6.76. The first-order valence-corrected chi connectivity index (χ1v) is 13.8. The number of alkyl halides is 3. The minimum absolute atomic E-state index is 0.173. The van der Waals surface area contributed by atoms with E-state index < -0.39 is 39.4 Å². The van der Waals surface area contributed by atoms with Crippen molar-refractivity contribution in [3.63, 3.8) is 0 Å². The fourth-order valence-corrected chi connectivity index (χ4v) is 5.47. The van der Waals surface area contributed by atoms with Gasteiger partial charge < -0.3 is 14.7 Å². The van der Waals surface area contributed by atoms with Gasteiger partial charge >= 0.3 is 6.18 Å².